The normalized spacial score (nSPS) is 11.0. The molecule has 0 saturated heterocycles. The zero-order valence-corrected chi connectivity index (χ0v) is 17.2. The number of nitrogens with zero attached hydrogens (tertiary/aromatic N) is 1. The molecule has 0 radical (unpaired) electrons. The number of benzene rings is 2. The van der Waals surface area contributed by atoms with Gasteiger partial charge in [0.05, 0.1) is 6.54 Å². The summed E-state index contributed by atoms with van der Waals surface area (Å²) in [5, 5.41) is 13.6. The van der Waals surface area contributed by atoms with Crippen molar-refractivity contribution in [3.8, 4) is 5.75 Å². The number of nitrogens with one attached hydrogen (secondary N) is 1. The molecular formula is C20H23Cl2FN2O2. The zero-order valence-electron chi connectivity index (χ0n) is 15.7. The van der Waals surface area contributed by atoms with Gasteiger partial charge in [-0.05, 0) is 35.2 Å². The Morgan fingerprint density at radius 3 is 2.33 bits per heavy atom. The monoisotopic (exact) mass is 412 g/mol. The zero-order chi connectivity index (χ0) is 20.3. The first-order valence-electron chi connectivity index (χ1n) is 8.54. The van der Waals surface area contributed by atoms with Crippen molar-refractivity contribution in [1.82, 2.24) is 4.90 Å². The molecule has 0 fully saturated rings. The van der Waals surface area contributed by atoms with Crippen LogP contribution >= 0.6 is 23.2 Å². The van der Waals surface area contributed by atoms with Crippen LogP contribution in [-0.2, 0) is 11.2 Å². The van der Waals surface area contributed by atoms with Crippen LogP contribution in [0.25, 0.3) is 0 Å². The molecular weight excluding hydrogens is 390 g/mol. The van der Waals surface area contributed by atoms with E-state index in [-0.39, 0.29) is 36.1 Å². The van der Waals surface area contributed by atoms with Crippen LogP contribution < -0.4 is 5.32 Å². The maximum Gasteiger partial charge on any atom is 0.241 e. The molecule has 0 bridgehead atoms. The second kappa shape index (κ2) is 8.81. The number of aromatic hydroxyl groups is 1. The molecule has 0 aliphatic rings. The molecule has 2 aromatic rings. The van der Waals surface area contributed by atoms with Gasteiger partial charge in [0.15, 0.2) is 0 Å². The van der Waals surface area contributed by atoms with Gasteiger partial charge >= 0.3 is 0 Å². The summed E-state index contributed by atoms with van der Waals surface area (Å²) in [5.41, 5.74) is 1.88. The summed E-state index contributed by atoms with van der Waals surface area (Å²) in [6.07, 6.45) is 0.195. The molecule has 1 amide bonds. The molecule has 2 N–H and O–H groups in total. The second-order valence-electron chi connectivity index (χ2n) is 6.86. The molecule has 0 atom stereocenters. The van der Waals surface area contributed by atoms with Gasteiger partial charge in [0.25, 0.3) is 0 Å². The Kier molecular flexibility index (Phi) is 6.95. The number of anilines is 1. The molecule has 0 aromatic heterocycles. The number of hydrogen-bond donors (Lipinski definition) is 2. The van der Waals surface area contributed by atoms with Crippen LogP contribution in [-0.4, -0.2) is 36.6 Å². The van der Waals surface area contributed by atoms with E-state index in [1.807, 2.05) is 13.8 Å². The molecule has 0 aliphatic carbocycles. The summed E-state index contributed by atoms with van der Waals surface area (Å²) in [4.78, 5) is 13.2. The van der Waals surface area contributed by atoms with Gasteiger partial charge in [0.2, 0.25) is 5.91 Å². The Hall–Kier alpha value is -1.98. The smallest absolute Gasteiger partial charge is 0.241 e. The van der Waals surface area contributed by atoms with E-state index >= 15 is 0 Å². The van der Waals surface area contributed by atoms with Crippen molar-refractivity contribution < 1.29 is 14.3 Å². The van der Waals surface area contributed by atoms with E-state index < -0.39 is 5.82 Å². The van der Waals surface area contributed by atoms with Crippen molar-refractivity contribution in [3.63, 3.8) is 0 Å². The van der Waals surface area contributed by atoms with Crippen molar-refractivity contribution in [2.75, 3.05) is 26.0 Å². The van der Waals surface area contributed by atoms with Gasteiger partial charge in [-0.2, -0.15) is 0 Å². The minimum atomic E-state index is -0.448. The number of halogens is 3. The fraction of sp³-hybridized carbons (Fsp3) is 0.350. The van der Waals surface area contributed by atoms with Gasteiger partial charge < -0.3 is 15.3 Å². The van der Waals surface area contributed by atoms with Crippen LogP contribution in [0.5, 0.6) is 5.75 Å². The highest BCUT2D eigenvalue weighted by Gasteiger charge is 2.18. The Morgan fingerprint density at radius 2 is 1.81 bits per heavy atom. The predicted octanol–water partition coefficient (Wildman–Crippen LogP) is 5.05. The maximum absolute atomic E-state index is 14.8. The van der Waals surface area contributed by atoms with Crippen molar-refractivity contribution in [3.05, 3.63) is 56.8 Å². The van der Waals surface area contributed by atoms with Gasteiger partial charge in [-0.15, -0.1) is 0 Å². The van der Waals surface area contributed by atoms with Crippen LogP contribution in [0.2, 0.25) is 10.0 Å². The van der Waals surface area contributed by atoms with E-state index in [0.29, 0.717) is 26.9 Å². The van der Waals surface area contributed by atoms with Crippen LogP contribution in [0.15, 0.2) is 24.3 Å². The van der Waals surface area contributed by atoms with Gasteiger partial charge in [-0.1, -0.05) is 43.1 Å². The van der Waals surface area contributed by atoms with Crippen molar-refractivity contribution in [1.29, 1.82) is 0 Å². The third-order valence-corrected chi connectivity index (χ3v) is 4.94. The number of hydrogen-bond acceptors (Lipinski definition) is 3. The third kappa shape index (κ3) is 5.05. The predicted molar refractivity (Wildman–Crippen MR) is 109 cm³/mol. The highest BCUT2D eigenvalue weighted by molar-refractivity contribution is 6.36. The van der Waals surface area contributed by atoms with E-state index in [9.17, 15) is 14.3 Å². The molecule has 0 saturated carbocycles. The molecule has 2 rings (SSSR count). The highest BCUT2D eigenvalue weighted by atomic mass is 35.5. The second-order valence-corrected chi connectivity index (χ2v) is 7.68. The number of carbonyl (C=O) groups is 1. The van der Waals surface area contributed by atoms with Crippen LogP contribution in [0, 0.1) is 5.82 Å². The van der Waals surface area contributed by atoms with Gasteiger partial charge in [0.1, 0.15) is 11.6 Å². The number of carbonyl (C=O) groups excluding carboxylic acids is 1. The lowest BCUT2D eigenvalue weighted by Crippen LogP contribution is -2.28. The standard InChI is InChI=1S/C20H23Cl2FN2O2/c1-11(2)19-17(26)6-5-12(20(19)23)7-14-15(21)8-13(9-16(14)22)24-10-18(27)25(3)4/h5-6,8-9,11,24,26H,7,10H2,1-4H3. The average Bonchev–Trinajstić information content (AvgIpc) is 2.57. The SMILES string of the molecule is CC(C)c1c(O)ccc(Cc2c(Cl)cc(NCC(=O)N(C)C)cc2Cl)c1F. The lowest BCUT2D eigenvalue weighted by molar-refractivity contribution is -0.126. The Labute approximate surface area is 168 Å². The lowest BCUT2D eigenvalue weighted by Gasteiger charge is -2.16. The van der Waals surface area contributed by atoms with Gasteiger partial charge in [-0.3, -0.25) is 4.79 Å². The first-order valence-corrected chi connectivity index (χ1v) is 9.29. The molecule has 2 aromatic carbocycles. The Balaban J connectivity index is 2.28. The van der Waals surface area contributed by atoms with E-state index in [2.05, 4.69) is 5.32 Å². The van der Waals surface area contributed by atoms with Crippen LogP contribution in [0.1, 0.15) is 36.5 Å². The molecule has 27 heavy (non-hydrogen) atoms. The molecule has 0 aliphatic heterocycles. The highest BCUT2D eigenvalue weighted by Crippen LogP contribution is 2.35. The number of phenolic OH excluding ortho intramolecular Hbond substituents is 1. The molecule has 4 nitrogen and oxygen atoms in total. The topological polar surface area (TPSA) is 52.6 Å². The van der Waals surface area contributed by atoms with E-state index in [1.165, 1.54) is 17.0 Å². The lowest BCUT2D eigenvalue weighted by atomic mass is 9.95. The van der Waals surface area contributed by atoms with Crippen molar-refractivity contribution in [2.45, 2.75) is 26.2 Å². The average molecular weight is 413 g/mol. The van der Waals surface area contributed by atoms with E-state index in [1.54, 1.807) is 26.2 Å². The summed E-state index contributed by atoms with van der Waals surface area (Å²) in [7, 11) is 3.34. The van der Waals surface area contributed by atoms with Crippen LogP contribution in [0.4, 0.5) is 10.1 Å². The van der Waals surface area contributed by atoms with Crippen molar-refractivity contribution >= 4 is 34.8 Å². The summed E-state index contributed by atoms with van der Waals surface area (Å²) >= 11 is 12.7. The third-order valence-electron chi connectivity index (χ3n) is 4.26. The number of phenols is 1. The molecule has 0 heterocycles. The summed E-state index contributed by atoms with van der Waals surface area (Å²) in [6.45, 7) is 3.75. The number of amides is 1. The Bertz CT molecular complexity index is 831. The number of rotatable bonds is 6. The molecule has 7 heteroatoms. The first-order chi connectivity index (χ1) is 12.6. The van der Waals surface area contributed by atoms with E-state index in [4.69, 9.17) is 23.2 Å². The fourth-order valence-electron chi connectivity index (χ4n) is 2.71. The molecule has 146 valence electrons. The quantitative estimate of drug-likeness (QED) is 0.697. The summed E-state index contributed by atoms with van der Waals surface area (Å²) in [6, 6.07) is 6.34. The van der Waals surface area contributed by atoms with Crippen LogP contribution in [0.3, 0.4) is 0 Å². The maximum atomic E-state index is 14.8. The first kappa shape index (κ1) is 21.3. The molecule has 0 spiro atoms. The van der Waals surface area contributed by atoms with Gasteiger partial charge in [0, 0.05) is 41.8 Å². The Morgan fingerprint density at radius 1 is 1.22 bits per heavy atom. The number of likely N-dealkylation sites (N-methyl/N-ethyl adjacent to an activating group) is 1. The minimum absolute atomic E-state index is 0.0615. The minimum Gasteiger partial charge on any atom is -0.508 e. The summed E-state index contributed by atoms with van der Waals surface area (Å²) < 4.78 is 14.8. The van der Waals surface area contributed by atoms with E-state index in [0.717, 1.165) is 0 Å². The van der Waals surface area contributed by atoms with Gasteiger partial charge in [-0.25, -0.2) is 4.39 Å². The molecule has 0 unspecified atom stereocenters. The summed E-state index contributed by atoms with van der Waals surface area (Å²) in [5.74, 6) is -0.750. The largest absolute Gasteiger partial charge is 0.508 e. The fourth-order valence-corrected chi connectivity index (χ4v) is 3.33. The van der Waals surface area contributed by atoms with Crippen molar-refractivity contribution in [2.24, 2.45) is 0 Å².